The molecule has 0 aliphatic carbocycles. The Morgan fingerprint density at radius 3 is 2.88 bits per heavy atom. The van der Waals surface area contributed by atoms with Gasteiger partial charge in [-0.3, -0.25) is 0 Å². The van der Waals surface area contributed by atoms with Crippen LogP contribution in [0.1, 0.15) is 18.0 Å². The zero-order chi connectivity index (χ0) is 12.0. The summed E-state index contributed by atoms with van der Waals surface area (Å²) in [5.41, 5.74) is 6.16. The molecule has 0 radical (unpaired) electrons. The Balaban J connectivity index is 2.74. The fourth-order valence-electron chi connectivity index (χ4n) is 1.46. The summed E-state index contributed by atoms with van der Waals surface area (Å²) in [4.78, 5) is 0. The smallest absolute Gasteiger partial charge is 0.129 e. The first-order valence-corrected chi connectivity index (χ1v) is 5.56. The number of nitrogens with two attached hydrogens (primary N) is 1. The van der Waals surface area contributed by atoms with Crippen molar-refractivity contribution in [2.45, 2.75) is 12.5 Å². The zero-order valence-electron chi connectivity index (χ0n) is 9.05. The topological polar surface area (TPSA) is 38.0 Å². The van der Waals surface area contributed by atoms with Gasteiger partial charge < -0.3 is 11.1 Å². The lowest BCUT2D eigenvalue weighted by molar-refractivity contribution is 0.511. The predicted molar refractivity (Wildman–Crippen MR) is 66.0 cm³/mol. The maximum Gasteiger partial charge on any atom is 0.129 e. The Labute approximate surface area is 100 Å². The number of hydrogen-bond acceptors (Lipinski definition) is 2. The third kappa shape index (κ3) is 3.59. The third-order valence-corrected chi connectivity index (χ3v) is 2.55. The van der Waals surface area contributed by atoms with Gasteiger partial charge in [0.2, 0.25) is 0 Å². The Morgan fingerprint density at radius 2 is 2.31 bits per heavy atom. The van der Waals surface area contributed by atoms with Gasteiger partial charge in [0.15, 0.2) is 0 Å². The Morgan fingerprint density at radius 1 is 1.56 bits per heavy atom. The number of hydrogen-bond donors (Lipinski definition) is 2. The molecule has 1 rings (SSSR count). The number of rotatable bonds is 6. The van der Waals surface area contributed by atoms with E-state index in [1.807, 2.05) is 0 Å². The molecule has 0 heterocycles. The van der Waals surface area contributed by atoms with E-state index in [9.17, 15) is 4.39 Å². The molecule has 1 atom stereocenters. The average Bonchev–Trinajstić information content (AvgIpc) is 2.26. The van der Waals surface area contributed by atoms with Crippen molar-refractivity contribution in [3.8, 4) is 0 Å². The molecule has 0 saturated heterocycles. The summed E-state index contributed by atoms with van der Waals surface area (Å²) in [5, 5.41) is 3.56. The summed E-state index contributed by atoms with van der Waals surface area (Å²) in [6.45, 7) is 4.70. The van der Waals surface area contributed by atoms with Gasteiger partial charge in [-0.05, 0) is 25.1 Å². The fraction of sp³-hybridized carbons (Fsp3) is 0.333. The predicted octanol–water partition coefficient (Wildman–Crippen LogP) is 2.64. The highest BCUT2D eigenvalue weighted by Gasteiger charge is 2.13. The molecule has 2 nitrogen and oxygen atoms in total. The molecule has 88 valence electrons. The monoisotopic (exact) mass is 242 g/mol. The first kappa shape index (κ1) is 13.2. The summed E-state index contributed by atoms with van der Waals surface area (Å²) in [5.74, 6) is -0.325. The van der Waals surface area contributed by atoms with Crippen LogP contribution in [0.2, 0.25) is 5.02 Å². The van der Waals surface area contributed by atoms with Gasteiger partial charge >= 0.3 is 0 Å². The van der Waals surface area contributed by atoms with Crippen LogP contribution in [0.5, 0.6) is 0 Å². The summed E-state index contributed by atoms with van der Waals surface area (Å²) < 4.78 is 13.6. The Hall–Kier alpha value is -0.900. The number of nitrogens with one attached hydrogen (secondary N) is 1. The quantitative estimate of drug-likeness (QED) is 0.595. The molecule has 0 saturated carbocycles. The molecule has 4 heteroatoms. The van der Waals surface area contributed by atoms with Crippen LogP contribution in [-0.2, 0) is 0 Å². The number of benzene rings is 1. The van der Waals surface area contributed by atoms with Crippen LogP contribution in [-0.4, -0.2) is 13.1 Å². The maximum atomic E-state index is 13.6. The molecule has 0 aliphatic rings. The minimum absolute atomic E-state index is 0.183. The van der Waals surface area contributed by atoms with E-state index in [-0.39, 0.29) is 11.9 Å². The second-order valence-corrected chi connectivity index (χ2v) is 3.92. The first-order chi connectivity index (χ1) is 7.69. The third-order valence-electron chi connectivity index (χ3n) is 2.31. The molecular weight excluding hydrogens is 227 g/mol. The van der Waals surface area contributed by atoms with Crippen molar-refractivity contribution >= 4 is 11.6 Å². The van der Waals surface area contributed by atoms with Crippen LogP contribution in [0.3, 0.4) is 0 Å². The molecule has 0 fully saturated rings. The first-order valence-electron chi connectivity index (χ1n) is 5.18. The van der Waals surface area contributed by atoms with Gasteiger partial charge in [-0.25, -0.2) is 4.39 Å². The highest BCUT2D eigenvalue weighted by Crippen LogP contribution is 2.20. The van der Waals surface area contributed by atoms with Crippen molar-refractivity contribution in [1.29, 1.82) is 0 Å². The van der Waals surface area contributed by atoms with Crippen LogP contribution in [0.4, 0.5) is 4.39 Å². The van der Waals surface area contributed by atoms with E-state index in [1.165, 1.54) is 6.07 Å². The van der Waals surface area contributed by atoms with E-state index < -0.39 is 0 Å². The van der Waals surface area contributed by atoms with E-state index in [2.05, 4.69) is 11.9 Å². The van der Waals surface area contributed by atoms with Crippen LogP contribution in [0.15, 0.2) is 30.9 Å². The van der Waals surface area contributed by atoms with E-state index in [4.69, 9.17) is 17.3 Å². The standard InChI is InChI=1S/C12H16ClFN2/c1-2-3-6-16-12(8-15)10-5-4-9(13)7-11(10)14/h2,4-5,7,12,16H,1,3,6,8,15H2. The lowest BCUT2D eigenvalue weighted by Crippen LogP contribution is -2.29. The minimum atomic E-state index is -0.325. The van der Waals surface area contributed by atoms with Gasteiger partial charge in [0.25, 0.3) is 0 Å². The molecule has 0 spiro atoms. The summed E-state index contributed by atoms with van der Waals surface area (Å²) >= 11 is 5.69. The van der Waals surface area contributed by atoms with Gasteiger partial charge in [-0.1, -0.05) is 23.7 Å². The van der Waals surface area contributed by atoms with Crippen molar-refractivity contribution in [1.82, 2.24) is 5.32 Å². The lowest BCUT2D eigenvalue weighted by atomic mass is 10.1. The Bertz CT molecular complexity index is 355. The van der Waals surface area contributed by atoms with E-state index in [0.717, 1.165) is 13.0 Å². The molecule has 1 aromatic carbocycles. The van der Waals surface area contributed by atoms with E-state index in [1.54, 1.807) is 18.2 Å². The zero-order valence-corrected chi connectivity index (χ0v) is 9.80. The molecule has 3 N–H and O–H groups in total. The second kappa shape index (κ2) is 6.63. The molecule has 0 aliphatic heterocycles. The van der Waals surface area contributed by atoms with Crippen molar-refractivity contribution in [3.63, 3.8) is 0 Å². The van der Waals surface area contributed by atoms with Crippen molar-refractivity contribution in [2.75, 3.05) is 13.1 Å². The summed E-state index contributed by atoms with van der Waals surface area (Å²) in [6.07, 6.45) is 2.63. The van der Waals surface area contributed by atoms with Crippen molar-refractivity contribution < 1.29 is 4.39 Å². The summed E-state index contributed by atoms with van der Waals surface area (Å²) in [7, 11) is 0. The van der Waals surface area contributed by atoms with Gasteiger partial charge in [0.05, 0.1) is 0 Å². The van der Waals surface area contributed by atoms with Gasteiger partial charge in [-0.15, -0.1) is 6.58 Å². The fourth-order valence-corrected chi connectivity index (χ4v) is 1.62. The normalized spacial score (nSPS) is 12.4. The van der Waals surface area contributed by atoms with Crippen LogP contribution >= 0.6 is 11.6 Å². The number of halogens is 2. The molecule has 0 aromatic heterocycles. The molecule has 1 unspecified atom stereocenters. The molecule has 1 aromatic rings. The van der Waals surface area contributed by atoms with Crippen LogP contribution in [0, 0.1) is 5.82 Å². The highest BCUT2D eigenvalue weighted by atomic mass is 35.5. The van der Waals surface area contributed by atoms with Gasteiger partial charge in [0, 0.05) is 23.2 Å². The van der Waals surface area contributed by atoms with E-state index >= 15 is 0 Å². The minimum Gasteiger partial charge on any atom is -0.329 e. The van der Waals surface area contributed by atoms with Crippen LogP contribution < -0.4 is 11.1 Å². The molecular formula is C12H16ClFN2. The largest absolute Gasteiger partial charge is 0.329 e. The molecule has 16 heavy (non-hydrogen) atoms. The van der Waals surface area contributed by atoms with Gasteiger partial charge in [-0.2, -0.15) is 0 Å². The second-order valence-electron chi connectivity index (χ2n) is 3.49. The van der Waals surface area contributed by atoms with E-state index in [0.29, 0.717) is 17.1 Å². The lowest BCUT2D eigenvalue weighted by Gasteiger charge is -2.17. The van der Waals surface area contributed by atoms with Gasteiger partial charge in [0.1, 0.15) is 5.82 Å². The van der Waals surface area contributed by atoms with Crippen molar-refractivity contribution in [3.05, 3.63) is 47.3 Å². The molecule has 0 amide bonds. The highest BCUT2D eigenvalue weighted by molar-refractivity contribution is 6.30. The van der Waals surface area contributed by atoms with Crippen molar-refractivity contribution in [2.24, 2.45) is 5.73 Å². The SMILES string of the molecule is C=CCCNC(CN)c1ccc(Cl)cc1F. The maximum absolute atomic E-state index is 13.6. The average molecular weight is 243 g/mol. The Kier molecular flexibility index (Phi) is 5.46. The summed E-state index contributed by atoms with van der Waals surface area (Å²) in [6, 6.07) is 4.44. The molecule has 0 bridgehead atoms. The van der Waals surface area contributed by atoms with Crippen LogP contribution in [0.25, 0.3) is 0 Å².